The highest BCUT2D eigenvalue weighted by Crippen LogP contribution is 2.24. The molecule has 1 atom stereocenters. The summed E-state index contributed by atoms with van der Waals surface area (Å²) >= 11 is 1.76. The molecule has 1 aliphatic heterocycles. The number of halogens is 1. The quantitative estimate of drug-likeness (QED) is 0.408. The maximum atomic E-state index is 6.01. The molecule has 1 aliphatic rings. The number of morpholine rings is 1. The number of nitrogens with one attached hydrogen (secondary N) is 1. The predicted octanol–water partition coefficient (Wildman–Crippen LogP) is 3.57. The zero-order valence-electron chi connectivity index (χ0n) is 15.6. The van der Waals surface area contributed by atoms with Crippen LogP contribution in [0.2, 0.25) is 0 Å². The zero-order valence-corrected chi connectivity index (χ0v) is 18.7. The molecule has 3 rings (SSSR count). The number of guanidine groups is 1. The van der Waals surface area contributed by atoms with Crippen LogP contribution in [0.15, 0.2) is 35.5 Å². The van der Waals surface area contributed by atoms with Gasteiger partial charge in [0, 0.05) is 37.6 Å². The lowest BCUT2D eigenvalue weighted by Crippen LogP contribution is -2.48. The van der Waals surface area contributed by atoms with Crippen LogP contribution in [-0.2, 0) is 11.2 Å². The second-order valence-electron chi connectivity index (χ2n) is 6.25. The molecule has 0 saturated carbocycles. The molecule has 0 bridgehead atoms. The van der Waals surface area contributed by atoms with Gasteiger partial charge in [0.15, 0.2) is 5.96 Å². The van der Waals surface area contributed by atoms with Gasteiger partial charge in [-0.15, -0.1) is 35.3 Å². The first kappa shape index (κ1) is 21.1. The van der Waals surface area contributed by atoms with Crippen LogP contribution >= 0.6 is 35.3 Å². The molecule has 0 aliphatic carbocycles. The van der Waals surface area contributed by atoms with Crippen LogP contribution in [0.25, 0.3) is 0 Å². The Labute approximate surface area is 176 Å². The number of rotatable bonds is 4. The lowest BCUT2D eigenvalue weighted by atomic mass is 10.0. The number of benzene rings is 1. The third kappa shape index (κ3) is 5.40. The number of aliphatic imine (C=N–C) groups is 1. The fourth-order valence-corrected chi connectivity index (χ4v) is 3.89. The Morgan fingerprint density at radius 2 is 2.19 bits per heavy atom. The number of nitrogens with zero attached hydrogens (tertiary/aromatic N) is 3. The van der Waals surface area contributed by atoms with Crippen molar-refractivity contribution in [1.82, 2.24) is 15.2 Å². The molecule has 0 spiro atoms. The Hall–Kier alpha value is -1.19. The third-order valence-corrected chi connectivity index (χ3v) is 5.38. The zero-order chi connectivity index (χ0) is 17.6. The van der Waals surface area contributed by atoms with E-state index < -0.39 is 0 Å². The van der Waals surface area contributed by atoms with E-state index in [4.69, 9.17) is 4.74 Å². The minimum absolute atomic E-state index is 0. The fourth-order valence-electron chi connectivity index (χ4n) is 3.11. The average molecular weight is 486 g/mol. The van der Waals surface area contributed by atoms with Crippen molar-refractivity contribution in [3.8, 4) is 0 Å². The first-order valence-corrected chi connectivity index (χ1v) is 9.53. The van der Waals surface area contributed by atoms with E-state index in [1.54, 1.807) is 11.3 Å². The van der Waals surface area contributed by atoms with Crippen LogP contribution in [0, 0.1) is 13.8 Å². The second kappa shape index (κ2) is 10.2. The third-order valence-electron chi connectivity index (χ3n) is 4.40. The molecule has 1 aromatic carbocycles. The summed E-state index contributed by atoms with van der Waals surface area (Å²) in [4.78, 5) is 12.4. The van der Waals surface area contributed by atoms with E-state index in [-0.39, 0.29) is 30.1 Å². The Morgan fingerprint density at radius 1 is 1.38 bits per heavy atom. The summed E-state index contributed by atoms with van der Waals surface area (Å²) in [6.07, 6.45) is 2.95. The summed E-state index contributed by atoms with van der Waals surface area (Å²) in [7, 11) is 1.84. The lowest BCUT2D eigenvalue weighted by Gasteiger charge is -2.35. The van der Waals surface area contributed by atoms with Crippen molar-refractivity contribution in [1.29, 1.82) is 0 Å². The van der Waals surface area contributed by atoms with E-state index >= 15 is 0 Å². The number of aryl methyl sites for hydroxylation is 2. The van der Waals surface area contributed by atoms with Crippen molar-refractivity contribution in [3.05, 3.63) is 51.5 Å². The van der Waals surface area contributed by atoms with Crippen LogP contribution < -0.4 is 5.32 Å². The van der Waals surface area contributed by atoms with E-state index in [0.29, 0.717) is 6.61 Å². The fraction of sp³-hybridized carbons (Fsp3) is 0.474. The van der Waals surface area contributed by atoms with Gasteiger partial charge in [-0.3, -0.25) is 4.99 Å². The number of ether oxygens (including phenoxy) is 1. The van der Waals surface area contributed by atoms with Crippen molar-refractivity contribution >= 4 is 41.3 Å². The van der Waals surface area contributed by atoms with Gasteiger partial charge in [0.25, 0.3) is 0 Å². The van der Waals surface area contributed by atoms with Gasteiger partial charge in [0.05, 0.1) is 18.2 Å². The van der Waals surface area contributed by atoms with Crippen molar-refractivity contribution < 1.29 is 4.74 Å². The van der Waals surface area contributed by atoms with Crippen LogP contribution in [0.5, 0.6) is 0 Å². The molecule has 1 aromatic heterocycles. The first-order chi connectivity index (χ1) is 12.2. The van der Waals surface area contributed by atoms with Crippen LogP contribution in [0.3, 0.4) is 0 Å². The van der Waals surface area contributed by atoms with Crippen LogP contribution in [0.1, 0.15) is 27.1 Å². The van der Waals surface area contributed by atoms with Crippen molar-refractivity contribution in [2.24, 2.45) is 4.99 Å². The number of aromatic nitrogens is 1. The van der Waals surface area contributed by atoms with Gasteiger partial charge < -0.3 is 15.0 Å². The van der Waals surface area contributed by atoms with Gasteiger partial charge in [0.1, 0.15) is 6.10 Å². The summed E-state index contributed by atoms with van der Waals surface area (Å²) in [5.74, 6) is 0.940. The van der Waals surface area contributed by atoms with Crippen molar-refractivity contribution in [3.63, 3.8) is 0 Å². The molecule has 2 heterocycles. The van der Waals surface area contributed by atoms with Crippen LogP contribution in [0.4, 0.5) is 0 Å². The highest BCUT2D eigenvalue weighted by atomic mass is 127. The summed E-state index contributed by atoms with van der Waals surface area (Å²) < 4.78 is 6.01. The molecule has 26 heavy (non-hydrogen) atoms. The number of hydrogen-bond acceptors (Lipinski definition) is 4. The van der Waals surface area contributed by atoms with E-state index in [0.717, 1.165) is 32.0 Å². The molecule has 1 N–H and O–H groups in total. The van der Waals surface area contributed by atoms with Gasteiger partial charge in [0.2, 0.25) is 0 Å². The SMILES string of the molecule is CN=C(NCCc1ncc(C)s1)N1CCOC(c2ccccc2C)C1.I. The highest BCUT2D eigenvalue weighted by molar-refractivity contribution is 14.0. The Morgan fingerprint density at radius 3 is 2.88 bits per heavy atom. The normalized spacial score (nSPS) is 17.7. The molecule has 5 nitrogen and oxygen atoms in total. The summed E-state index contributed by atoms with van der Waals surface area (Å²) in [5.41, 5.74) is 2.54. The van der Waals surface area contributed by atoms with E-state index in [1.165, 1.54) is 21.0 Å². The first-order valence-electron chi connectivity index (χ1n) is 8.71. The molecule has 2 aromatic rings. The summed E-state index contributed by atoms with van der Waals surface area (Å²) in [5, 5.41) is 4.64. The number of thiazole rings is 1. The average Bonchev–Trinajstić information content (AvgIpc) is 3.04. The molecule has 0 radical (unpaired) electrons. The Kier molecular flexibility index (Phi) is 8.30. The number of hydrogen-bond donors (Lipinski definition) is 1. The summed E-state index contributed by atoms with van der Waals surface area (Å²) in [6, 6.07) is 8.44. The second-order valence-corrected chi connectivity index (χ2v) is 7.57. The molecule has 1 unspecified atom stereocenters. The highest BCUT2D eigenvalue weighted by Gasteiger charge is 2.25. The van der Waals surface area contributed by atoms with Gasteiger partial charge in [-0.2, -0.15) is 0 Å². The van der Waals surface area contributed by atoms with E-state index in [9.17, 15) is 0 Å². The minimum atomic E-state index is 0. The molecular formula is C19H27IN4OS. The van der Waals surface area contributed by atoms with E-state index in [2.05, 4.69) is 58.3 Å². The Balaban J connectivity index is 0.00000243. The van der Waals surface area contributed by atoms with Gasteiger partial charge in [-0.25, -0.2) is 4.98 Å². The van der Waals surface area contributed by atoms with Crippen LogP contribution in [-0.4, -0.2) is 49.1 Å². The lowest BCUT2D eigenvalue weighted by molar-refractivity contribution is -0.00829. The van der Waals surface area contributed by atoms with Crippen molar-refractivity contribution in [2.75, 3.05) is 33.3 Å². The monoisotopic (exact) mass is 486 g/mol. The molecule has 142 valence electrons. The summed E-state index contributed by atoms with van der Waals surface area (Å²) in [6.45, 7) is 7.46. The molecule has 0 amide bonds. The van der Waals surface area contributed by atoms with Crippen molar-refractivity contribution in [2.45, 2.75) is 26.4 Å². The molecule has 7 heteroatoms. The van der Waals surface area contributed by atoms with Gasteiger partial charge in [-0.05, 0) is 25.0 Å². The minimum Gasteiger partial charge on any atom is -0.370 e. The van der Waals surface area contributed by atoms with E-state index in [1.807, 2.05) is 13.2 Å². The maximum absolute atomic E-state index is 6.01. The standard InChI is InChI=1S/C19H26N4OS.HI/c1-14-6-4-5-7-16(14)17-13-23(10-11-24-17)19(20-3)21-9-8-18-22-12-15(2)25-18;/h4-7,12,17H,8-11,13H2,1-3H3,(H,20,21);1H. The smallest absolute Gasteiger partial charge is 0.193 e. The van der Waals surface area contributed by atoms with Gasteiger partial charge >= 0.3 is 0 Å². The largest absolute Gasteiger partial charge is 0.370 e. The molecular weight excluding hydrogens is 459 g/mol. The maximum Gasteiger partial charge on any atom is 0.193 e. The Bertz CT molecular complexity index is 734. The topological polar surface area (TPSA) is 49.8 Å². The molecule has 1 fully saturated rings. The van der Waals surface area contributed by atoms with Gasteiger partial charge in [-0.1, -0.05) is 24.3 Å². The predicted molar refractivity (Wildman–Crippen MR) is 119 cm³/mol. The molecule has 1 saturated heterocycles.